The Bertz CT molecular complexity index is 692. The van der Waals surface area contributed by atoms with Gasteiger partial charge in [0, 0.05) is 7.05 Å². The normalized spacial score (nSPS) is 10.3. The molecule has 0 atom stereocenters. The summed E-state index contributed by atoms with van der Waals surface area (Å²) in [7, 11) is 1.52. The molecule has 0 saturated heterocycles. The first-order chi connectivity index (χ1) is 9.40. The van der Waals surface area contributed by atoms with Gasteiger partial charge in [-0.05, 0) is 29.0 Å². The fourth-order valence-electron chi connectivity index (χ4n) is 1.65. The Kier molecular flexibility index (Phi) is 3.38. The zero-order valence-electron chi connectivity index (χ0n) is 10.7. The molecule has 0 bridgehead atoms. The van der Waals surface area contributed by atoms with Gasteiger partial charge in [-0.15, -0.1) is 0 Å². The number of carboxylic acid groups (broad SMARTS) is 1. The third-order valence-electron chi connectivity index (χ3n) is 2.61. The fourth-order valence-corrected chi connectivity index (χ4v) is 1.65. The number of hydrogen-bond acceptors (Lipinski definition) is 5. The van der Waals surface area contributed by atoms with E-state index in [1.165, 1.54) is 30.1 Å². The molecule has 0 aliphatic rings. The summed E-state index contributed by atoms with van der Waals surface area (Å²) in [5.41, 5.74) is 0.676. The van der Waals surface area contributed by atoms with Gasteiger partial charge in [0.05, 0.1) is 0 Å². The van der Waals surface area contributed by atoms with Crippen LogP contribution in [0.15, 0.2) is 24.5 Å². The maximum absolute atomic E-state index is 11.2. The molecule has 0 unspecified atom stereocenters. The fraction of sp³-hybridized carbons (Fsp3) is 0.167. The lowest BCUT2D eigenvalue weighted by Gasteiger charge is -2.09. The molecule has 20 heavy (non-hydrogen) atoms. The zero-order chi connectivity index (χ0) is 14.9. The minimum atomic E-state index is -1.17. The van der Waals surface area contributed by atoms with E-state index in [4.69, 9.17) is 9.84 Å². The van der Waals surface area contributed by atoms with E-state index in [0.717, 1.165) is 5.56 Å². The van der Waals surface area contributed by atoms with E-state index in [2.05, 4.69) is 4.98 Å². The predicted molar refractivity (Wildman–Crippen MR) is 68.1 cm³/mol. The number of benzene rings is 1. The van der Waals surface area contributed by atoms with Gasteiger partial charge in [0.2, 0.25) is 6.33 Å². The molecule has 104 valence electrons. The number of imidazole rings is 1. The standard InChI is InChI=1S/C12H11N3O5/c1-7-3-4-9(8(5-7)12(16)17)20-11-10(15(18)19)13-6-14(11)2/h3-6H,1-2H3,(H,16,17). The summed E-state index contributed by atoms with van der Waals surface area (Å²) in [6, 6.07) is 4.54. The van der Waals surface area contributed by atoms with Crippen LogP contribution in [-0.4, -0.2) is 25.6 Å². The number of aryl methyl sites for hydroxylation is 2. The van der Waals surface area contributed by atoms with Gasteiger partial charge >= 0.3 is 17.7 Å². The molecule has 1 N–H and O–H groups in total. The molecule has 2 aromatic rings. The summed E-state index contributed by atoms with van der Waals surface area (Å²) in [4.78, 5) is 24.9. The van der Waals surface area contributed by atoms with E-state index in [1.807, 2.05) is 0 Å². The van der Waals surface area contributed by atoms with E-state index < -0.39 is 16.7 Å². The highest BCUT2D eigenvalue weighted by Gasteiger charge is 2.24. The van der Waals surface area contributed by atoms with E-state index in [0.29, 0.717) is 0 Å². The zero-order valence-corrected chi connectivity index (χ0v) is 10.7. The van der Waals surface area contributed by atoms with Crippen molar-refractivity contribution in [3.8, 4) is 11.6 Å². The first-order valence-electron chi connectivity index (χ1n) is 5.57. The van der Waals surface area contributed by atoms with Crippen LogP contribution in [0.5, 0.6) is 11.6 Å². The molecule has 1 aromatic carbocycles. The molecule has 1 heterocycles. The van der Waals surface area contributed by atoms with Crippen molar-refractivity contribution in [2.45, 2.75) is 6.92 Å². The van der Waals surface area contributed by atoms with Crippen LogP contribution >= 0.6 is 0 Å². The second kappa shape index (κ2) is 5.00. The lowest BCUT2D eigenvalue weighted by Crippen LogP contribution is -2.03. The SMILES string of the molecule is Cc1ccc(Oc2c([N+](=O)[O-])ncn2C)c(C(=O)O)c1. The molecule has 0 aliphatic heterocycles. The summed E-state index contributed by atoms with van der Waals surface area (Å²) >= 11 is 0. The number of carbonyl (C=O) groups is 1. The van der Waals surface area contributed by atoms with E-state index in [-0.39, 0.29) is 17.2 Å². The average Bonchev–Trinajstić information content (AvgIpc) is 2.73. The van der Waals surface area contributed by atoms with Crippen molar-refractivity contribution < 1.29 is 19.6 Å². The van der Waals surface area contributed by atoms with Crippen LogP contribution < -0.4 is 4.74 Å². The van der Waals surface area contributed by atoms with E-state index in [1.54, 1.807) is 13.0 Å². The van der Waals surface area contributed by atoms with Crippen molar-refractivity contribution in [2.24, 2.45) is 7.05 Å². The molecule has 8 nitrogen and oxygen atoms in total. The Morgan fingerprint density at radius 2 is 2.20 bits per heavy atom. The van der Waals surface area contributed by atoms with Crippen LogP contribution in [0.1, 0.15) is 15.9 Å². The van der Waals surface area contributed by atoms with Crippen molar-refractivity contribution in [2.75, 3.05) is 0 Å². The van der Waals surface area contributed by atoms with E-state index >= 15 is 0 Å². The second-order valence-electron chi connectivity index (χ2n) is 4.15. The number of hydrogen-bond donors (Lipinski definition) is 1. The molecular formula is C12H11N3O5. The van der Waals surface area contributed by atoms with Crippen LogP contribution in [0.2, 0.25) is 0 Å². The highest BCUT2D eigenvalue weighted by molar-refractivity contribution is 5.91. The quantitative estimate of drug-likeness (QED) is 0.677. The van der Waals surface area contributed by atoms with Gasteiger partial charge < -0.3 is 20.0 Å². The molecule has 2 rings (SSSR count). The maximum atomic E-state index is 11.2. The Morgan fingerprint density at radius 1 is 1.50 bits per heavy atom. The lowest BCUT2D eigenvalue weighted by molar-refractivity contribution is -0.390. The van der Waals surface area contributed by atoms with Gasteiger partial charge in [-0.2, -0.15) is 0 Å². The number of ether oxygens (including phenoxy) is 1. The van der Waals surface area contributed by atoms with E-state index in [9.17, 15) is 14.9 Å². The van der Waals surface area contributed by atoms with Crippen LogP contribution in [0.4, 0.5) is 5.82 Å². The smallest absolute Gasteiger partial charge is 0.427 e. The number of nitrogens with zero attached hydrogens (tertiary/aromatic N) is 3. The van der Waals surface area contributed by atoms with Crippen molar-refractivity contribution in [3.05, 3.63) is 45.8 Å². The third-order valence-corrected chi connectivity index (χ3v) is 2.61. The van der Waals surface area contributed by atoms with Crippen molar-refractivity contribution in [1.82, 2.24) is 9.55 Å². The average molecular weight is 277 g/mol. The van der Waals surface area contributed by atoms with Gasteiger partial charge in [-0.25, -0.2) is 4.79 Å². The lowest BCUT2D eigenvalue weighted by atomic mass is 10.1. The Morgan fingerprint density at radius 3 is 2.80 bits per heavy atom. The molecule has 1 aromatic heterocycles. The molecule has 0 amide bonds. The first kappa shape index (κ1) is 13.5. The van der Waals surface area contributed by atoms with Crippen molar-refractivity contribution in [3.63, 3.8) is 0 Å². The predicted octanol–water partition coefficient (Wildman–Crippen LogP) is 2.13. The highest BCUT2D eigenvalue weighted by atomic mass is 16.6. The first-order valence-corrected chi connectivity index (χ1v) is 5.57. The Balaban J connectivity index is 2.48. The van der Waals surface area contributed by atoms with Crippen molar-refractivity contribution >= 4 is 11.8 Å². The minimum Gasteiger partial charge on any atom is -0.478 e. The maximum Gasteiger partial charge on any atom is 0.427 e. The molecule has 0 aliphatic carbocycles. The highest BCUT2D eigenvalue weighted by Crippen LogP contribution is 2.31. The Labute approximate surface area is 113 Å². The summed E-state index contributed by atoms with van der Waals surface area (Å²) in [6.07, 6.45) is 1.22. The van der Waals surface area contributed by atoms with Gasteiger partial charge in [0.15, 0.2) is 0 Å². The second-order valence-corrected chi connectivity index (χ2v) is 4.15. The number of nitro groups is 1. The van der Waals surface area contributed by atoms with Gasteiger partial charge in [-0.1, -0.05) is 11.6 Å². The number of aromatic carboxylic acids is 1. The van der Waals surface area contributed by atoms with Gasteiger partial charge in [0.1, 0.15) is 11.3 Å². The third kappa shape index (κ3) is 2.44. The Hall–Kier alpha value is -2.90. The van der Waals surface area contributed by atoms with Crippen molar-refractivity contribution in [1.29, 1.82) is 0 Å². The summed E-state index contributed by atoms with van der Waals surface area (Å²) in [5, 5.41) is 20.0. The van der Waals surface area contributed by atoms with Crippen LogP contribution in [0.25, 0.3) is 0 Å². The van der Waals surface area contributed by atoms with Gasteiger partial charge in [0.25, 0.3) is 0 Å². The molecule has 0 spiro atoms. The topological polar surface area (TPSA) is 107 Å². The number of rotatable bonds is 4. The minimum absolute atomic E-state index is 0.0230. The summed E-state index contributed by atoms with van der Waals surface area (Å²) in [5.74, 6) is -1.74. The largest absolute Gasteiger partial charge is 0.478 e. The molecule has 0 fully saturated rings. The van der Waals surface area contributed by atoms with Crippen LogP contribution in [0.3, 0.4) is 0 Å². The molecule has 0 radical (unpaired) electrons. The number of aromatic nitrogens is 2. The summed E-state index contributed by atoms with van der Waals surface area (Å²) < 4.78 is 6.68. The van der Waals surface area contributed by atoms with Crippen LogP contribution in [0, 0.1) is 17.0 Å². The van der Waals surface area contributed by atoms with Gasteiger partial charge in [-0.3, -0.25) is 4.57 Å². The molecular weight excluding hydrogens is 266 g/mol. The number of carboxylic acids is 1. The summed E-state index contributed by atoms with van der Waals surface area (Å²) in [6.45, 7) is 1.74. The molecule has 0 saturated carbocycles. The van der Waals surface area contributed by atoms with Crippen LogP contribution in [-0.2, 0) is 7.05 Å². The monoisotopic (exact) mass is 277 g/mol. The molecule has 8 heteroatoms.